The molecule has 1 aromatic carbocycles. The van der Waals surface area contributed by atoms with Crippen LogP contribution >= 0.6 is 19.6 Å². The van der Waals surface area contributed by atoms with E-state index in [0.717, 1.165) is 12.0 Å². The molecule has 0 aliphatic heterocycles. The summed E-state index contributed by atoms with van der Waals surface area (Å²) in [5.41, 5.74) is 0.760. The molecule has 1 rings (SSSR count). The van der Waals surface area contributed by atoms with Crippen molar-refractivity contribution in [2.45, 2.75) is 18.7 Å². The minimum absolute atomic E-state index is 0.178. The average molecular weight is 218 g/mol. The van der Waals surface area contributed by atoms with Gasteiger partial charge in [-0.05, 0) is 17.1 Å². The highest BCUT2D eigenvalue weighted by atomic mass is 35.5. The first kappa shape index (κ1) is 10.6. The molecule has 70 valence electrons. The Balaban J connectivity index is 3.11. The third-order valence-electron chi connectivity index (χ3n) is 1.84. The van der Waals surface area contributed by atoms with Gasteiger partial charge in [0.1, 0.15) is 0 Å². The number of halogens is 1. The summed E-state index contributed by atoms with van der Waals surface area (Å²) in [6.07, 6.45) is 0.752. The van der Waals surface area contributed by atoms with Gasteiger partial charge in [0.05, 0.1) is 5.38 Å². The second-order valence-corrected chi connectivity index (χ2v) is 4.26. The van der Waals surface area contributed by atoms with E-state index in [9.17, 15) is 4.57 Å². The highest BCUT2D eigenvalue weighted by molar-refractivity contribution is 7.47. The van der Waals surface area contributed by atoms with Crippen LogP contribution in [0.2, 0.25) is 0 Å². The molecular weight excluding hydrogens is 207 g/mol. The molecule has 0 aromatic heterocycles. The van der Waals surface area contributed by atoms with Crippen LogP contribution in [0.1, 0.15) is 24.3 Å². The standard InChI is InChI=1S/C9H10ClO2P/c1-2-8(10)7-5-3-4-6-9(7)13(11)12/h3-6,8H,2H2,1H3/p+1. The smallest absolute Gasteiger partial charge is 0.156 e. The number of benzene rings is 1. The fourth-order valence-electron chi connectivity index (χ4n) is 1.15. The van der Waals surface area contributed by atoms with E-state index in [1.54, 1.807) is 18.2 Å². The SMILES string of the molecule is CCC(Cl)c1ccccc1[P+](=O)O. The minimum atomic E-state index is -2.29. The van der Waals surface area contributed by atoms with Crippen molar-refractivity contribution >= 4 is 24.9 Å². The third kappa shape index (κ3) is 2.50. The third-order valence-corrected chi connectivity index (χ3v) is 3.20. The fourth-order valence-corrected chi connectivity index (χ4v) is 2.08. The van der Waals surface area contributed by atoms with Crippen LogP contribution in [0.15, 0.2) is 24.3 Å². The highest BCUT2D eigenvalue weighted by Gasteiger charge is 2.24. The Kier molecular flexibility index (Phi) is 3.86. The van der Waals surface area contributed by atoms with Gasteiger partial charge in [0.15, 0.2) is 0 Å². The first-order chi connectivity index (χ1) is 6.16. The normalized spacial score (nSPS) is 13.9. The second kappa shape index (κ2) is 4.71. The van der Waals surface area contributed by atoms with Gasteiger partial charge in [0, 0.05) is 5.56 Å². The number of hydrogen-bond acceptors (Lipinski definition) is 1. The Labute approximate surface area is 83.4 Å². The van der Waals surface area contributed by atoms with E-state index in [0.29, 0.717) is 5.30 Å². The average Bonchev–Trinajstić information content (AvgIpc) is 2.16. The predicted octanol–water partition coefficient (Wildman–Crippen LogP) is 2.74. The van der Waals surface area contributed by atoms with Crippen LogP contribution in [0.3, 0.4) is 0 Å². The summed E-state index contributed by atoms with van der Waals surface area (Å²) in [7, 11) is -2.29. The van der Waals surface area contributed by atoms with Crippen LogP contribution in [0.25, 0.3) is 0 Å². The fraction of sp³-hybridized carbons (Fsp3) is 0.333. The molecule has 1 aromatic rings. The maximum atomic E-state index is 10.9. The monoisotopic (exact) mass is 217 g/mol. The zero-order chi connectivity index (χ0) is 9.84. The van der Waals surface area contributed by atoms with Crippen molar-refractivity contribution in [2.24, 2.45) is 0 Å². The van der Waals surface area contributed by atoms with Gasteiger partial charge in [-0.15, -0.1) is 11.6 Å². The van der Waals surface area contributed by atoms with E-state index in [-0.39, 0.29) is 5.38 Å². The Hall–Kier alpha value is -0.430. The van der Waals surface area contributed by atoms with Gasteiger partial charge in [-0.2, -0.15) is 4.89 Å². The van der Waals surface area contributed by atoms with E-state index in [1.807, 2.05) is 13.0 Å². The van der Waals surface area contributed by atoms with E-state index in [2.05, 4.69) is 0 Å². The summed E-state index contributed by atoms with van der Waals surface area (Å²) >= 11 is 6.00. The largest absolute Gasteiger partial charge is 0.546 e. The summed E-state index contributed by atoms with van der Waals surface area (Å²) in [5, 5.41) is 0.265. The molecule has 0 bridgehead atoms. The van der Waals surface area contributed by atoms with Crippen LogP contribution in [-0.4, -0.2) is 4.89 Å². The van der Waals surface area contributed by atoms with Crippen LogP contribution in [-0.2, 0) is 4.57 Å². The van der Waals surface area contributed by atoms with Crippen molar-refractivity contribution in [3.8, 4) is 0 Å². The molecule has 0 fully saturated rings. The molecule has 0 spiro atoms. The second-order valence-electron chi connectivity index (χ2n) is 2.71. The maximum Gasteiger partial charge on any atom is 0.546 e. The van der Waals surface area contributed by atoms with E-state index < -0.39 is 8.03 Å². The lowest BCUT2D eigenvalue weighted by atomic mass is 10.1. The van der Waals surface area contributed by atoms with Gasteiger partial charge < -0.3 is 0 Å². The lowest BCUT2D eigenvalue weighted by molar-refractivity contribution is 0.513. The molecule has 2 nitrogen and oxygen atoms in total. The lowest BCUT2D eigenvalue weighted by Crippen LogP contribution is -2.06. The Bertz CT molecular complexity index is 314. The summed E-state index contributed by atoms with van der Waals surface area (Å²) < 4.78 is 10.9. The number of hydrogen-bond donors (Lipinski definition) is 1. The highest BCUT2D eigenvalue weighted by Crippen LogP contribution is 2.27. The lowest BCUT2D eigenvalue weighted by Gasteiger charge is -2.04. The Morgan fingerprint density at radius 2 is 2.15 bits per heavy atom. The molecule has 4 heteroatoms. The van der Waals surface area contributed by atoms with Crippen molar-refractivity contribution in [2.75, 3.05) is 0 Å². The zero-order valence-electron chi connectivity index (χ0n) is 7.27. The predicted molar refractivity (Wildman–Crippen MR) is 54.8 cm³/mol. The van der Waals surface area contributed by atoms with Gasteiger partial charge in [0.25, 0.3) is 0 Å². The molecule has 13 heavy (non-hydrogen) atoms. The topological polar surface area (TPSA) is 37.3 Å². The van der Waals surface area contributed by atoms with Crippen LogP contribution in [0, 0.1) is 0 Å². The minimum Gasteiger partial charge on any atom is -0.156 e. The quantitative estimate of drug-likeness (QED) is 0.624. The van der Waals surface area contributed by atoms with Crippen molar-refractivity contribution < 1.29 is 9.46 Å². The molecule has 1 N–H and O–H groups in total. The van der Waals surface area contributed by atoms with E-state index >= 15 is 0 Å². The van der Waals surface area contributed by atoms with Crippen molar-refractivity contribution in [3.05, 3.63) is 29.8 Å². The molecule has 0 radical (unpaired) electrons. The van der Waals surface area contributed by atoms with Crippen LogP contribution in [0.5, 0.6) is 0 Å². The Morgan fingerprint density at radius 1 is 1.54 bits per heavy atom. The summed E-state index contributed by atoms with van der Waals surface area (Å²) in [5.74, 6) is 0. The molecule has 0 aliphatic rings. The molecule has 0 heterocycles. The molecule has 0 aliphatic carbocycles. The van der Waals surface area contributed by atoms with Crippen molar-refractivity contribution in [1.82, 2.24) is 0 Å². The number of rotatable bonds is 3. The van der Waals surface area contributed by atoms with E-state index in [4.69, 9.17) is 16.5 Å². The first-order valence-electron chi connectivity index (χ1n) is 4.06. The number of alkyl halides is 1. The van der Waals surface area contributed by atoms with Gasteiger partial charge in [0.2, 0.25) is 5.30 Å². The van der Waals surface area contributed by atoms with Gasteiger partial charge >= 0.3 is 8.03 Å². The van der Waals surface area contributed by atoms with Crippen molar-refractivity contribution in [3.63, 3.8) is 0 Å². The molecule has 0 saturated carbocycles. The maximum absolute atomic E-state index is 10.9. The first-order valence-corrected chi connectivity index (χ1v) is 5.70. The zero-order valence-corrected chi connectivity index (χ0v) is 8.92. The summed E-state index contributed by atoms with van der Waals surface area (Å²) in [4.78, 5) is 9.00. The van der Waals surface area contributed by atoms with Gasteiger partial charge in [-0.25, -0.2) is 0 Å². The summed E-state index contributed by atoms with van der Waals surface area (Å²) in [6.45, 7) is 1.94. The Morgan fingerprint density at radius 3 is 2.69 bits per heavy atom. The van der Waals surface area contributed by atoms with Crippen molar-refractivity contribution in [1.29, 1.82) is 0 Å². The molecular formula is C9H11ClO2P+. The molecule has 0 amide bonds. The van der Waals surface area contributed by atoms with Gasteiger partial charge in [-0.3, -0.25) is 0 Å². The van der Waals surface area contributed by atoms with Gasteiger partial charge in [-0.1, -0.05) is 25.1 Å². The molecule has 2 unspecified atom stereocenters. The molecule has 2 atom stereocenters. The summed E-state index contributed by atoms with van der Waals surface area (Å²) in [6, 6.07) is 6.99. The van der Waals surface area contributed by atoms with E-state index in [1.165, 1.54) is 0 Å². The van der Waals surface area contributed by atoms with Crippen LogP contribution < -0.4 is 5.30 Å². The molecule has 0 saturated heterocycles. The van der Waals surface area contributed by atoms with Crippen LogP contribution in [0.4, 0.5) is 0 Å².